The van der Waals surface area contributed by atoms with Crippen LogP contribution >= 0.6 is 0 Å². The summed E-state index contributed by atoms with van der Waals surface area (Å²) in [4.78, 5) is 30.0. The average Bonchev–Trinajstić information content (AvgIpc) is 3.61. The Morgan fingerprint density at radius 1 is 0.972 bits per heavy atom. The van der Waals surface area contributed by atoms with Crippen LogP contribution in [0.4, 0.5) is 0 Å². The lowest BCUT2D eigenvalue weighted by Crippen LogP contribution is -2.46. The van der Waals surface area contributed by atoms with Crippen molar-refractivity contribution in [3.8, 4) is 0 Å². The Kier molecular flexibility index (Phi) is 5.70. The molecule has 6 heteroatoms. The van der Waals surface area contributed by atoms with Crippen molar-refractivity contribution in [1.29, 1.82) is 0 Å². The van der Waals surface area contributed by atoms with Crippen LogP contribution < -0.4 is 0 Å². The third-order valence-corrected chi connectivity index (χ3v) is 7.66. The van der Waals surface area contributed by atoms with E-state index in [4.69, 9.17) is 14.7 Å². The number of fused-ring (bicyclic) bond motifs is 8. The SMILES string of the molecule is C=Cc1cc2cc3nc(cc4ccc(cc5nc(cc1[nH]2)C(C(C)(C(=O)OC)C(C)(C)C)C5)[nH]4)C=C3. The number of esters is 1. The van der Waals surface area contributed by atoms with Crippen molar-refractivity contribution in [3.05, 3.63) is 77.4 Å². The summed E-state index contributed by atoms with van der Waals surface area (Å²) in [5.74, 6) is -0.396. The number of hydrogen-bond donors (Lipinski definition) is 2. The Bertz CT molecular complexity index is 1550. The third-order valence-electron chi connectivity index (χ3n) is 7.66. The van der Waals surface area contributed by atoms with E-state index in [0.717, 1.165) is 50.4 Å². The quantitative estimate of drug-likeness (QED) is 0.320. The molecule has 2 atom stereocenters. The van der Waals surface area contributed by atoms with E-state index >= 15 is 0 Å². The number of ether oxygens (including phenoxy) is 1. The van der Waals surface area contributed by atoms with E-state index in [1.807, 2.05) is 49.4 Å². The Balaban J connectivity index is 1.83. The first-order valence-corrected chi connectivity index (χ1v) is 12.2. The highest BCUT2D eigenvalue weighted by atomic mass is 16.5. The Hall–Kier alpha value is -3.93. The molecule has 2 aliphatic heterocycles. The van der Waals surface area contributed by atoms with Crippen molar-refractivity contribution in [2.45, 2.75) is 40.0 Å². The van der Waals surface area contributed by atoms with Gasteiger partial charge in [-0.05, 0) is 78.9 Å². The van der Waals surface area contributed by atoms with Crippen LogP contribution in [0.2, 0.25) is 0 Å². The van der Waals surface area contributed by atoms with Gasteiger partial charge in [0.05, 0.1) is 23.9 Å². The van der Waals surface area contributed by atoms with Crippen LogP contribution in [-0.4, -0.2) is 33.0 Å². The van der Waals surface area contributed by atoms with Gasteiger partial charge in [0.2, 0.25) is 0 Å². The maximum absolute atomic E-state index is 13.3. The zero-order chi connectivity index (χ0) is 25.7. The van der Waals surface area contributed by atoms with Crippen molar-refractivity contribution in [1.82, 2.24) is 19.9 Å². The first kappa shape index (κ1) is 23.8. The van der Waals surface area contributed by atoms with Gasteiger partial charge in [0, 0.05) is 39.4 Å². The molecular formula is C30H32N4O2. The molecular weight excluding hydrogens is 448 g/mol. The predicted octanol–water partition coefficient (Wildman–Crippen LogP) is 6.68. The highest BCUT2D eigenvalue weighted by molar-refractivity contribution is 5.81. The van der Waals surface area contributed by atoms with Gasteiger partial charge in [-0.1, -0.05) is 33.4 Å². The van der Waals surface area contributed by atoms with Crippen LogP contribution in [0.5, 0.6) is 0 Å². The minimum atomic E-state index is -0.796. The van der Waals surface area contributed by atoms with Gasteiger partial charge >= 0.3 is 5.97 Å². The van der Waals surface area contributed by atoms with E-state index < -0.39 is 5.41 Å². The summed E-state index contributed by atoms with van der Waals surface area (Å²) >= 11 is 0. The molecule has 0 aliphatic carbocycles. The van der Waals surface area contributed by atoms with Gasteiger partial charge in [-0.15, -0.1) is 0 Å². The zero-order valence-electron chi connectivity index (χ0n) is 21.5. The highest BCUT2D eigenvalue weighted by Crippen LogP contribution is 2.52. The van der Waals surface area contributed by atoms with E-state index in [9.17, 15) is 4.79 Å². The summed E-state index contributed by atoms with van der Waals surface area (Å²) in [6.07, 6.45) is 6.46. The fourth-order valence-electron chi connectivity index (χ4n) is 5.18. The summed E-state index contributed by atoms with van der Waals surface area (Å²) in [6.45, 7) is 12.3. The topological polar surface area (TPSA) is 83.7 Å². The van der Waals surface area contributed by atoms with Crippen molar-refractivity contribution in [2.24, 2.45) is 10.8 Å². The molecule has 2 aliphatic rings. The van der Waals surface area contributed by atoms with Gasteiger partial charge < -0.3 is 14.7 Å². The summed E-state index contributed by atoms with van der Waals surface area (Å²) in [5.41, 5.74) is 7.07. The summed E-state index contributed by atoms with van der Waals surface area (Å²) in [5, 5.41) is 0. The van der Waals surface area contributed by atoms with Crippen LogP contribution in [0.3, 0.4) is 0 Å². The second-order valence-electron chi connectivity index (χ2n) is 10.8. The summed E-state index contributed by atoms with van der Waals surface area (Å²) in [7, 11) is 1.46. The number of rotatable bonds is 3. The van der Waals surface area contributed by atoms with Gasteiger partial charge in [0.25, 0.3) is 0 Å². The number of aromatic nitrogens is 4. The fraction of sp³-hybridized carbons (Fsp3) is 0.300. The largest absolute Gasteiger partial charge is 0.469 e. The minimum absolute atomic E-state index is 0.167. The third kappa shape index (κ3) is 4.06. The molecule has 8 bridgehead atoms. The normalized spacial score (nSPS) is 17.0. The Morgan fingerprint density at radius 3 is 2.28 bits per heavy atom. The fourth-order valence-corrected chi connectivity index (χ4v) is 5.18. The zero-order valence-corrected chi connectivity index (χ0v) is 21.5. The van der Waals surface area contributed by atoms with E-state index in [1.165, 1.54) is 7.11 Å². The molecule has 5 rings (SSSR count). The molecule has 0 amide bonds. The number of carbonyl (C=O) groups excluding carboxylic acids is 1. The lowest BCUT2D eigenvalue weighted by molar-refractivity contribution is -0.161. The van der Waals surface area contributed by atoms with Crippen molar-refractivity contribution in [2.75, 3.05) is 7.11 Å². The predicted molar refractivity (Wildman–Crippen MR) is 146 cm³/mol. The number of carbonyl (C=O) groups is 1. The molecule has 3 aromatic heterocycles. The number of methoxy groups -OCH3 is 1. The van der Waals surface area contributed by atoms with Gasteiger partial charge in [0.1, 0.15) is 0 Å². The van der Waals surface area contributed by atoms with Gasteiger partial charge in [-0.25, -0.2) is 4.98 Å². The van der Waals surface area contributed by atoms with E-state index in [2.05, 4.69) is 55.5 Å². The van der Waals surface area contributed by atoms with E-state index in [1.54, 1.807) is 0 Å². The van der Waals surface area contributed by atoms with Crippen LogP contribution in [0.1, 0.15) is 62.0 Å². The molecule has 0 saturated carbocycles. The number of nitrogens with one attached hydrogen (secondary N) is 2. The summed E-state index contributed by atoms with van der Waals surface area (Å²) < 4.78 is 5.35. The second kappa shape index (κ2) is 8.63. The molecule has 6 nitrogen and oxygen atoms in total. The molecule has 184 valence electrons. The van der Waals surface area contributed by atoms with Gasteiger partial charge in [-0.3, -0.25) is 9.78 Å². The summed E-state index contributed by atoms with van der Waals surface area (Å²) in [6, 6.07) is 14.3. The van der Waals surface area contributed by atoms with E-state index in [0.29, 0.717) is 6.42 Å². The molecule has 0 saturated heterocycles. The maximum Gasteiger partial charge on any atom is 0.312 e. The van der Waals surface area contributed by atoms with Crippen molar-refractivity contribution < 1.29 is 9.53 Å². The molecule has 36 heavy (non-hydrogen) atoms. The monoisotopic (exact) mass is 480 g/mol. The maximum atomic E-state index is 13.3. The molecule has 0 fully saturated rings. The molecule has 0 radical (unpaired) electrons. The van der Waals surface area contributed by atoms with Gasteiger partial charge in [0.15, 0.2) is 0 Å². The highest BCUT2D eigenvalue weighted by Gasteiger charge is 2.53. The lowest BCUT2D eigenvalue weighted by Gasteiger charge is -2.43. The molecule has 0 spiro atoms. The Morgan fingerprint density at radius 2 is 1.64 bits per heavy atom. The van der Waals surface area contributed by atoms with Crippen LogP contribution in [-0.2, 0) is 16.0 Å². The molecule has 3 aromatic rings. The van der Waals surface area contributed by atoms with Gasteiger partial charge in [-0.2, -0.15) is 0 Å². The first-order valence-electron chi connectivity index (χ1n) is 12.2. The number of hydrogen-bond acceptors (Lipinski definition) is 4. The lowest BCUT2D eigenvalue weighted by atomic mass is 9.59. The molecule has 2 N–H and O–H groups in total. The van der Waals surface area contributed by atoms with Crippen molar-refractivity contribution in [3.63, 3.8) is 0 Å². The smallest absolute Gasteiger partial charge is 0.312 e. The van der Waals surface area contributed by atoms with E-state index in [-0.39, 0.29) is 17.3 Å². The van der Waals surface area contributed by atoms with Crippen LogP contribution in [0.25, 0.3) is 40.3 Å². The average molecular weight is 481 g/mol. The molecule has 5 heterocycles. The van der Waals surface area contributed by atoms with Crippen LogP contribution in [0, 0.1) is 10.8 Å². The second-order valence-corrected chi connectivity index (χ2v) is 10.8. The Labute approximate surface area is 211 Å². The number of H-pyrrole nitrogens is 2. The van der Waals surface area contributed by atoms with Crippen LogP contribution in [0.15, 0.2) is 49.0 Å². The first-order chi connectivity index (χ1) is 17.1. The molecule has 0 aromatic carbocycles. The van der Waals surface area contributed by atoms with Crippen molar-refractivity contribution >= 4 is 46.3 Å². The number of aromatic amines is 2. The minimum Gasteiger partial charge on any atom is -0.469 e. The standard InChI is InChI=1S/C30H32N4O2/c1-7-18-12-23-14-21-10-8-19(31-21)13-20-9-11-22(32-20)15-24-16-25(27(34-24)17-26(18)33-23)30(5,28(35)36-6)29(2,3)4/h7-15,17,25,32-33H,1,16H2,2-6H3. The number of nitrogens with zero attached hydrogens (tertiary/aromatic N) is 2. The molecule has 2 unspecified atom stereocenters.